The van der Waals surface area contributed by atoms with Crippen LogP contribution in [0.3, 0.4) is 0 Å². The SMILES string of the molecule is NC(c1ccncn1)c1cccc2ccccc12. The van der Waals surface area contributed by atoms with Crippen LogP contribution in [0.5, 0.6) is 0 Å². The van der Waals surface area contributed by atoms with Crippen molar-refractivity contribution >= 4 is 10.8 Å². The van der Waals surface area contributed by atoms with Crippen LogP contribution in [0.2, 0.25) is 0 Å². The fraction of sp³-hybridized carbons (Fsp3) is 0.0667. The van der Waals surface area contributed by atoms with E-state index >= 15 is 0 Å². The highest BCUT2D eigenvalue weighted by Crippen LogP contribution is 2.25. The van der Waals surface area contributed by atoms with Gasteiger partial charge in [0.25, 0.3) is 0 Å². The van der Waals surface area contributed by atoms with E-state index in [1.165, 1.54) is 17.1 Å². The van der Waals surface area contributed by atoms with Crippen LogP contribution in [-0.2, 0) is 0 Å². The molecule has 1 unspecified atom stereocenters. The molecule has 3 nitrogen and oxygen atoms in total. The zero-order valence-electron chi connectivity index (χ0n) is 9.82. The standard InChI is InChI=1S/C15H13N3/c16-15(14-8-9-17-10-18-14)13-7-3-5-11-4-1-2-6-12(11)13/h1-10,15H,16H2. The van der Waals surface area contributed by atoms with Gasteiger partial charge in [-0.05, 0) is 22.4 Å². The maximum atomic E-state index is 6.29. The van der Waals surface area contributed by atoms with Gasteiger partial charge in [-0.2, -0.15) is 0 Å². The second-order valence-corrected chi connectivity index (χ2v) is 4.18. The fourth-order valence-corrected chi connectivity index (χ4v) is 2.17. The average molecular weight is 235 g/mol. The Morgan fingerprint density at radius 2 is 1.78 bits per heavy atom. The number of benzene rings is 2. The maximum absolute atomic E-state index is 6.29. The summed E-state index contributed by atoms with van der Waals surface area (Å²) in [7, 11) is 0. The van der Waals surface area contributed by atoms with Crippen LogP contribution in [0.1, 0.15) is 17.3 Å². The highest BCUT2D eigenvalue weighted by molar-refractivity contribution is 5.86. The molecule has 0 fully saturated rings. The van der Waals surface area contributed by atoms with Gasteiger partial charge >= 0.3 is 0 Å². The third kappa shape index (κ3) is 1.85. The van der Waals surface area contributed by atoms with Crippen LogP contribution < -0.4 is 5.73 Å². The highest BCUT2D eigenvalue weighted by atomic mass is 14.8. The quantitative estimate of drug-likeness (QED) is 0.743. The van der Waals surface area contributed by atoms with Crippen molar-refractivity contribution in [1.82, 2.24) is 9.97 Å². The zero-order chi connectivity index (χ0) is 12.4. The minimum absolute atomic E-state index is 0.223. The van der Waals surface area contributed by atoms with E-state index in [1.807, 2.05) is 24.3 Å². The summed E-state index contributed by atoms with van der Waals surface area (Å²) in [4.78, 5) is 8.14. The number of hydrogen-bond donors (Lipinski definition) is 1. The van der Waals surface area contributed by atoms with Crippen molar-refractivity contribution in [2.75, 3.05) is 0 Å². The van der Waals surface area contributed by atoms with Gasteiger partial charge in [-0.25, -0.2) is 9.97 Å². The molecule has 3 heteroatoms. The molecule has 2 N–H and O–H groups in total. The molecule has 2 aromatic carbocycles. The number of rotatable bonds is 2. The Hall–Kier alpha value is -2.26. The van der Waals surface area contributed by atoms with Crippen molar-refractivity contribution < 1.29 is 0 Å². The number of nitrogens with two attached hydrogens (primary N) is 1. The van der Waals surface area contributed by atoms with Gasteiger partial charge in [0.2, 0.25) is 0 Å². The summed E-state index contributed by atoms with van der Waals surface area (Å²) in [5, 5.41) is 2.37. The predicted octanol–water partition coefficient (Wildman–Crippen LogP) is 2.68. The molecule has 0 saturated heterocycles. The molecule has 1 atom stereocenters. The zero-order valence-corrected chi connectivity index (χ0v) is 9.82. The van der Waals surface area contributed by atoms with Gasteiger partial charge in [-0.3, -0.25) is 0 Å². The molecule has 0 radical (unpaired) electrons. The molecule has 0 aliphatic carbocycles. The van der Waals surface area contributed by atoms with E-state index in [4.69, 9.17) is 5.73 Å². The first-order valence-corrected chi connectivity index (χ1v) is 5.85. The van der Waals surface area contributed by atoms with Crippen molar-refractivity contribution in [3.05, 3.63) is 72.3 Å². The van der Waals surface area contributed by atoms with E-state index < -0.39 is 0 Å². The Bertz CT molecular complexity index is 659. The van der Waals surface area contributed by atoms with Gasteiger partial charge in [-0.1, -0.05) is 42.5 Å². The van der Waals surface area contributed by atoms with Gasteiger partial charge in [-0.15, -0.1) is 0 Å². The van der Waals surface area contributed by atoms with E-state index in [-0.39, 0.29) is 6.04 Å². The number of nitrogens with zero attached hydrogens (tertiary/aromatic N) is 2. The summed E-state index contributed by atoms with van der Waals surface area (Å²) in [6, 6.07) is 16.0. The average Bonchev–Trinajstić information content (AvgIpc) is 2.47. The Morgan fingerprint density at radius 3 is 2.61 bits per heavy atom. The topological polar surface area (TPSA) is 51.8 Å². The van der Waals surface area contributed by atoms with Crippen molar-refractivity contribution in [1.29, 1.82) is 0 Å². The molecule has 0 amide bonds. The molecular weight excluding hydrogens is 222 g/mol. The van der Waals surface area contributed by atoms with Gasteiger partial charge in [0.15, 0.2) is 0 Å². The molecule has 88 valence electrons. The largest absolute Gasteiger partial charge is 0.319 e. The molecule has 0 bridgehead atoms. The lowest BCUT2D eigenvalue weighted by molar-refractivity contribution is 0.827. The third-order valence-corrected chi connectivity index (χ3v) is 3.08. The summed E-state index contributed by atoms with van der Waals surface area (Å²) < 4.78 is 0. The maximum Gasteiger partial charge on any atom is 0.115 e. The molecule has 1 aromatic heterocycles. The second kappa shape index (κ2) is 4.55. The van der Waals surface area contributed by atoms with Crippen molar-refractivity contribution in [2.45, 2.75) is 6.04 Å². The lowest BCUT2D eigenvalue weighted by Crippen LogP contribution is -2.13. The molecule has 0 aliphatic rings. The van der Waals surface area contributed by atoms with Gasteiger partial charge in [0.05, 0.1) is 11.7 Å². The summed E-state index contributed by atoms with van der Waals surface area (Å²) in [5.41, 5.74) is 8.22. The van der Waals surface area contributed by atoms with Gasteiger partial charge in [0.1, 0.15) is 6.33 Å². The van der Waals surface area contributed by atoms with Crippen LogP contribution in [0, 0.1) is 0 Å². The minimum atomic E-state index is -0.223. The first-order valence-electron chi connectivity index (χ1n) is 5.85. The Kier molecular flexibility index (Phi) is 2.74. The van der Waals surface area contributed by atoms with E-state index in [0.29, 0.717) is 0 Å². The Morgan fingerprint density at radius 1 is 0.944 bits per heavy atom. The first kappa shape index (κ1) is 10.9. The predicted molar refractivity (Wildman–Crippen MR) is 72.0 cm³/mol. The normalized spacial score (nSPS) is 12.5. The molecule has 0 saturated carbocycles. The van der Waals surface area contributed by atoms with Crippen molar-refractivity contribution in [2.24, 2.45) is 5.73 Å². The molecule has 0 aliphatic heterocycles. The lowest BCUT2D eigenvalue weighted by Gasteiger charge is -2.13. The Balaban J connectivity index is 2.15. The lowest BCUT2D eigenvalue weighted by atomic mass is 9.97. The third-order valence-electron chi connectivity index (χ3n) is 3.08. The van der Waals surface area contributed by atoms with Crippen molar-refractivity contribution in [3.63, 3.8) is 0 Å². The van der Waals surface area contributed by atoms with Crippen LogP contribution in [-0.4, -0.2) is 9.97 Å². The number of hydrogen-bond acceptors (Lipinski definition) is 3. The van der Waals surface area contributed by atoms with E-state index in [2.05, 4.69) is 34.2 Å². The molecule has 1 heterocycles. The van der Waals surface area contributed by atoms with Gasteiger partial charge < -0.3 is 5.73 Å². The van der Waals surface area contributed by atoms with Crippen LogP contribution in [0.4, 0.5) is 0 Å². The summed E-state index contributed by atoms with van der Waals surface area (Å²) >= 11 is 0. The molecule has 18 heavy (non-hydrogen) atoms. The molecule has 3 aromatic rings. The highest BCUT2D eigenvalue weighted by Gasteiger charge is 2.12. The second-order valence-electron chi connectivity index (χ2n) is 4.18. The fourth-order valence-electron chi connectivity index (χ4n) is 2.17. The van der Waals surface area contributed by atoms with Gasteiger partial charge in [0, 0.05) is 6.20 Å². The monoisotopic (exact) mass is 235 g/mol. The molecule has 0 spiro atoms. The van der Waals surface area contributed by atoms with Crippen molar-refractivity contribution in [3.8, 4) is 0 Å². The number of fused-ring (bicyclic) bond motifs is 1. The Labute approximate surface area is 105 Å². The number of aromatic nitrogens is 2. The summed E-state index contributed by atoms with van der Waals surface area (Å²) in [5.74, 6) is 0. The van der Waals surface area contributed by atoms with E-state index in [1.54, 1.807) is 6.20 Å². The van der Waals surface area contributed by atoms with Crippen LogP contribution in [0.25, 0.3) is 10.8 Å². The minimum Gasteiger partial charge on any atom is -0.319 e. The smallest absolute Gasteiger partial charge is 0.115 e. The van der Waals surface area contributed by atoms with E-state index in [9.17, 15) is 0 Å². The first-order chi connectivity index (χ1) is 8.86. The van der Waals surface area contributed by atoms with Crippen LogP contribution in [0.15, 0.2) is 61.1 Å². The van der Waals surface area contributed by atoms with E-state index in [0.717, 1.165) is 11.3 Å². The summed E-state index contributed by atoms with van der Waals surface area (Å²) in [6.07, 6.45) is 3.24. The summed E-state index contributed by atoms with van der Waals surface area (Å²) in [6.45, 7) is 0. The van der Waals surface area contributed by atoms with Crippen LogP contribution >= 0.6 is 0 Å². The molecule has 3 rings (SSSR count). The molecular formula is C15H13N3.